The number of benzene rings is 1. The number of hydrogen-bond donors (Lipinski definition) is 2. The molecule has 1 fully saturated rings. The molecule has 100 valence electrons. The molecule has 18 heavy (non-hydrogen) atoms. The van der Waals surface area contributed by atoms with Crippen molar-refractivity contribution in [2.45, 2.75) is 39.0 Å². The molecule has 0 heterocycles. The van der Waals surface area contributed by atoms with Crippen LogP contribution >= 0.6 is 11.6 Å². The van der Waals surface area contributed by atoms with E-state index in [1.165, 1.54) is 19.3 Å². The van der Waals surface area contributed by atoms with E-state index in [2.05, 4.69) is 11.4 Å². The van der Waals surface area contributed by atoms with Crippen molar-refractivity contribution in [1.82, 2.24) is 0 Å². The number of nitrogens with one attached hydrogen (secondary N) is 1. The highest BCUT2D eigenvalue weighted by atomic mass is 35.5. The van der Waals surface area contributed by atoms with Crippen molar-refractivity contribution in [3.05, 3.63) is 28.8 Å². The van der Waals surface area contributed by atoms with Gasteiger partial charge in [-0.2, -0.15) is 0 Å². The summed E-state index contributed by atoms with van der Waals surface area (Å²) in [7, 11) is 0. The molecular formula is C15H22ClNO. The highest BCUT2D eigenvalue weighted by molar-refractivity contribution is 6.31. The van der Waals surface area contributed by atoms with Crippen LogP contribution in [-0.2, 0) is 0 Å². The van der Waals surface area contributed by atoms with E-state index in [0.29, 0.717) is 0 Å². The van der Waals surface area contributed by atoms with E-state index in [9.17, 15) is 5.11 Å². The zero-order chi connectivity index (χ0) is 13.0. The van der Waals surface area contributed by atoms with E-state index in [-0.39, 0.29) is 12.0 Å². The summed E-state index contributed by atoms with van der Waals surface area (Å²) >= 11 is 6.11. The topological polar surface area (TPSA) is 32.3 Å². The lowest BCUT2D eigenvalue weighted by Crippen LogP contribution is -2.35. The van der Waals surface area contributed by atoms with Gasteiger partial charge in [-0.25, -0.2) is 0 Å². The molecule has 0 saturated heterocycles. The number of aliphatic hydroxyl groups excluding tert-OH is 1. The molecule has 0 amide bonds. The van der Waals surface area contributed by atoms with Gasteiger partial charge in [-0.15, -0.1) is 0 Å². The summed E-state index contributed by atoms with van der Waals surface area (Å²) in [4.78, 5) is 0. The van der Waals surface area contributed by atoms with Crippen LogP contribution in [0.25, 0.3) is 0 Å². The normalized spacial score (nSPS) is 18.6. The van der Waals surface area contributed by atoms with Gasteiger partial charge in [-0.3, -0.25) is 0 Å². The Morgan fingerprint density at radius 3 is 2.67 bits per heavy atom. The van der Waals surface area contributed by atoms with Gasteiger partial charge in [0.2, 0.25) is 0 Å². The summed E-state index contributed by atoms with van der Waals surface area (Å²) in [5.41, 5.74) is 2.23. The minimum Gasteiger partial charge on any atom is -0.396 e. The third-order valence-electron chi connectivity index (χ3n) is 4.17. The Bertz CT molecular complexity index is 399. The van der Waals surface area contributed by atoms with Gasteiger partial charge in [0.25, 0.3) is 0 Å². The van der Waals surface area contributed by atoms with E-state index in [1.807, 2.05) is 19.1 Å². The van der Waals surface area contributed by atoms with E-state index < -0.39 is 0 Å². The van der Waals surface area contributed by atoms with Gasteiger partial charge in [-0.1, -0.05) is 36.9 Å². The first-order valence-electron chi connectivity index (χ1n) is 6.77. The van der Waals surface area contributed by atoms with Gasteiger partial charge in [0, 0.05) is 22.7 Å². The monoisotopic (exact) mass is 267 g/mol. The van der Waals surface area contributed by atoms with Crippen molar-refractivity contribution in [3.8, 4) is 0 Å². The summed E-state index contributed by atoms with van der Waals surface area (Å²) in [6, 6.07) is 5.92. The van der Waals surface area contributed by atoms with E-state index in [4.69, 9.17) is 11.6 Å². The molecule has 3 heteroatoms. The second-order valence-electron chi connectivity index (χ2n) is 5.48. The first kappa shape index (κ1) is 13.7. The molecule has 0 aromatic heterocycles. The molecule has 0 radical (unpaired) electrons. The zero-order valence-corrected chi connectivity index (χ0v) is 11.8. The molecule has 1 aromatic carbocycles. The van der Waals surface area contributed by atoms with Crippen LogP contribution in [-0.4, -0.2) is 18.3 Å². The van der Waals surface area contributed by atoms with Crippen molar-refractivity contribution in [2.24, 2.45) is 5.41 Å². The van der Waals surface area contributed by atoms with Crippen LogP contribution in [0.3, 0.4) is 0 Å². The molecule has 0 bridgehead atoms. The fourth-order valence-corrected chi connectivity index (χ4v) is 2.95. The molecule has 0 aliphatic heterocycles. The predicted octanol–water partition coefficient (Wildman–Crippen LogP) is 4.00. The molecular weight excluding hydrogens is 246 g/mol. The van der Waals surface area contributed by atoms with E-state index >= 15 is 0 Å². The maximum absolute atomic E-state index is 9.68. The standard InChI is InChI=1S/C15H22ClNO/c1-12-13(16)6-5-7-14(12)17-10-15(11-18)8-3-2-4-9-15/h5-7,17-18H,2-4,8-11H2,1H3. The predicted molar refractivity (Wildman–Crippen MR) is 77.3 cm³/mol. The van der Waals surface area contributed by atoms with Gasteiger partial charge in [-0.05, 0) is 37.5 Å². The fraction of sp³-hybridized carbons (Fsp3) is 0.600. The minimum atomic E-state index is 0.0625. The highest BCUT2D eigenvalue weighted by Crippen LogP contribution is 2.36. The van der Waals surface area contributed by atoms with Gasteiger partial charge in [0.15, 0.2) is 0 Å². The van der Waals surface area contributed by atoms with Gasteiger partial charge in [0.05, 0.1) is 6.61 Å². The zero-order valence-electron chi connectivity index (χ0n) is 11.0. The van der Waals surface area contributed by atoms with E-state index in [1.54, 1.807) is 0 Å². The molecule has 1 aliphatic carbocycles. The van der Waals surface area contributed by atoms with Crippen molar-refractivity contribution in [2.75, 3.05) is 18.5 Å². The maximum Gasteiger partial charge on any atom is 0.0504 e. The Morgan fingerprint density at radius 2 is 2.00 bits per heavy atom. The van der Waals surface area contributed by atoms with Crippen LogP contribution in [0.5, 0.6) is 0 Å². The van der Waals surface area contributed by atoms with Crippen LogP contribution in [0.2, 0.25) is 5.02 Å². The molecule has 1 aromatic rings. The van der Waals surface area contributed by atoms with Crippen molar-refractivity contribution >= 4 is 17.3 Å². The Labute approximate surface area is 114 Å². The molecule has 0 unspecified atom stereocenters. The minimum absolute atomic E-state index is 0.0625. The SMILES string of the molecule is Cc1c(Cl)cccc1NCC1(CO)CCCCC1. The average molecular weight is 268 g/mol. The number of anilines is 1. The second kappa shape index (κ2) is 5.94. The summed E-state index contributed by atoms with van der Waals surface area (Å²) < 4.78 is 0. The third kappa shape index (κ3) is 2.99. The Balaban J connectivity index is 2.03. The van der Waals surface area contributed by atoms with Crippen LogP contribution in [0, 0.1) is 12.3 Å². The molecule has 1 saturated carbocycles. The first-order chi connectivity index (χ1) is 8.67. The highest BCUT2D eigenvalue weighted by Gasteiger charge is 2.31. The lowest BCUT2D eigenvalue weighted by atomic mass is 9.74. The summed E-state index contributed by atoms with van der Waals surface area (Å²) in [5, 5.41) is 13.9. The van der Waals surface area contributed by atoms with Crippen LogP contribution in [0.15, 0.2) is 18.2 Å². The van der Waals surface area contributed by atoms with Gasteiger partial charge >= 0.3 is 0 Å². The van der Waals surface area contributed by atoms with Crippen molar-refractivity contribution in [1.29, 1.82) is 0 Å². The number of halogens is 1. The van der Waals surface area contributed by atoms with Crippen molar-refractivity contribution in [3.63, 3.8) is 0 Å². The third-order valence-corrected chi connectivity index (χ3v) is 4.58. The number of rotatable bonds is 4. The second-order valence-corrected chi connectivity index (χ2v) is 5.89. The molecule has 1 aliphatic rings. The fourth-order valence-electron chi connectivity index (χ4n) is 2.77. The van der Waals surface area contributed by atoms with Crippen LogP contribution < -0.4 is 5.32 Å². The van der Waals surface area contributed by atoms with E-state index in [0.717, 1.165) is 35.7 Å². The van der Waals surface area contributed by atoms with Crippen LogP contribution in [0.4, 0.5) is 5.69 Å². The average Bonchev–Trinajstić information content (AvgIpc) is 2.41. The first-order valence-corrected chi connectivity index (χ1v) is 7.14. The molecule has 0 atom stereocenters. The Hall–Kier alpha value is -0.730. The number of hydrogen-bond acceptors (Lipinski definition) is 2. The lowest BCUT2D eigenvalue weighted by Gasteiger charge is -2.36. The smallest absolute Gasteiger partial charge is 0.0504 e. The summed E-state index contributed by atoms with van der Waals surface area (Å²) in [6.45, 7) is 3.14. The molecule has 2 N–H and O–H groups in total. The van der Waals surface area contributed by atoms with Crippen LogP contribution in [0.1, 0.15) is 37.7 Å². The quantitative estimate of drug-likeness (QED) is 0.864. The summed E-state index contributed by atoms with van der Waals surface area (Å²) in [5.74, 6) is 0. The molecule has 0 spiro atoms. The molecule has 2 nitrogen and oxygen atoms in total. The van der Waals surface area contributed by atoms with Gasteiger partial charge < -0.3 is 10.4 Å². The molecule has 2 rings (SSSR count). The lowest BCUT2D eigenvalue weighted by molar-refractivity contribution is 0.0944. The Morgan fingerprint density at radius 1 is 1.28 bits per heavy atom. The maximum atomic E-state index is 9.68. The Kier molecular flexibility index (Phi) is 4.52. The summed E-state index contributed by atoms with van der Waals surface area (Å²) in [6.07, 6.45) is 6.01. The largest absolute Gasteiger partial charge is 0.396 e. The number of aliphatic hydroxyl groups is 1. The van der Waals surface area contributed by atoms with Crippen molar-refractivity contribution < 1.29 is 5.11 Å². The van der Waals surface area contributed by atoms with Gasteiger partial charge in [0.1, 0.15) is 0 Å².